The first-order valence-electron chi connectivity index (χ1n) is 10.4. The first-order valence-corrected chi connectivity index (χ1v) is 10.8. The molecule has 1 N–H and O–H groups in total. The summed E-state index contributed by atoms with van der Waals surface area (Å²) in [6.45, 7) is 4.27. The van der Waals surface area contributed by atoms with Gasteiger partial charge in [0.2, 0.25) is 0 Å². The van der Waals surface area contributed by atoms with Crippen molar-refractivity contribution in [3.63, 3.8) is 0 Å². The zero-order valence-corrected chi connectivity index (χ0v) is 19.9. The van der Waals surface area contributed by atoms with Crippen molar-refractivity contribution in [1.82, 2.24) is 4.90 Å². The molecule has 9 heteroatoms. The lowest BCUT2D eigenvalue weighted by Crippen LogP contribution is -2.32. The molecule has 1 aliphatic heterocycles. The topological polar surface area (TPSA) is 94.5 Å². The number of carbonyl (C=O) groups excluding carboxylic acids is 2. The second kappa shape index (κ2) is 11.1. The Labute approximate surface area is 202 Å². The van der Waals surface area contributed by atoms with Crippen molar-refractivity contribution in [1.29, 1.82) is 0 Å². The molecule has 3 rings (SSSR count). The third kappa shape index (κ3) is 4.88. The second-order valence-electron chi connectivity index (χ2n) is 7.34. The molecule has 0 bridgehead atoms. The third-order valence-corrected chi connectivity index (χ3v) is 5.64. The Morgan fingerprint density at radius 3 is 2.53 bits per heavy atom. The number of benzene rings is 2. The highest BCUT2D eigenvalue weighted by Crippen LogP contribution is 2.43. The number of likely N-dealkylation sites (tertiary alicyclic amines) is 1. The fourth-order valence-corrected chi connectivity index (χ4v) is 4.00. The van der Waals surface area contributed by atoms with E-state index in [0.29, 0.717) is 11.3 Å². The average molecular weight is 488 g/mol. The van der Waals surface area contributed by atoms with E-state index in [0.717, 1.165) is 0 Å². The van der Waals surface area contributed by atoms with Crippen LogP contribution in [0.5, 0.6) is 17.2 Å². The third-order valence-electron chi connectivity index (χ3n) is 5.35. The number of amides is 1. The molecule has 1 fully saturated rings. The maximum absolute atomic E-state index is 13.2. The minimum absolute atomic E-state index is 0.0929. The van der Waals surface area contributed by atoms with Gasteiger partial charge in [0, 0.05) is 19.7 Å². The molecule has 2 aromatic carbocycles. The van der Waals surface area contributed by atoms with Gasteiger partial charge < -0.3 is 29.0 Å². The minimum Gasteiger partial charge on any atom is -0.507 e. The van der Waals surface area contributed by atoms with Crippen molar-refractivity contribution in [3.8, 4) is 17.2 Å². The number of aliphatic hydroxyl groups is 1. The van der Waals surface area contributed by atoms with Crippen LogP contribution in [0.3, 0.4) is 0 Å². The summed E-state index contributed by atoms with van der Waals surface area (Å²) in [5.41, 5.74) is 0.653. The van der Waals surface area contributed by atoms with Crippen molar-refractivity contribution in [2.45, 2.75) is 6.04 Å². The Morgan fingerprint density at radius 2 is 1.88 bits per heavy atom. The Morgan fingerprint density at radius 1 is 1.15 bits per heavy atom. The van der Waals surface area contributed by atoms with Crippen molar-refractivity contribution < 1.29 is 33.6 Å². The van der Waals surface area contributed by atoms with Crippen LogP contribution in [0.1, 0.15) is 17.2 Å². The highest BCUT2D eigenvalue weighted by atomic mass is 35.5. The van der Waals surface area contributed by atoms with Crippen LogP contribution in [0.25, 0.3) is 5.76 Å². The Balaban J connectivity index is 2.23. The molecule has 0 aliphatic carbocycles. The molecule has 1 amide bonds. The number of Topliss-reactive ketones (excluding diaryl/α,β-unsaturated/α-hetero) is 1. The minimum atomic E-state index is -0.881. The van der Waals surface area contributed by atoms with E-state index in [4.69, 9.17) is 30.5 Å². The van der Waals surface area contributed by atoms with Gasteiger partial charge >= 0.3 is 0 Å². The maximum Gasteiger partial charge on any atom is 0.295 e. The van der Waals surface area contributed by atoms with Gasteiger partial charge in [-0.1, -0.05) is 36.4 Å². The number of carbonyl (C=O) groups is 2. The first-order chi connectivity index (χ1) is 16.4. The molecule has 1 saturated heterocycles. The zero-order valence-electron chi connectivity index (χ0n) is 19.2. The monoisotopic (exact) mass is 487 g/mol. The molecule has 180 valence electrons. The lowest BCUT2D eigenvalue weighted by Gasteiger charge is -2.25. The molecule has 1 heterocycles. The highest BCUT2D eigenvalue weighted by molar-refractivity contribution is 6.46. The lowest BCUT2D eigenvalue weighted by molar-refractivity contribution is -0.140. The molecular formula is C25H26ClNO7. The van der Waals surface area contributed by atoms with Crippen LogP contribution in [-0.2, 0) is 14.3 Å². The summed E-state index contributed by atoms with van der Waals surface area (Å²) in [7, 11) is 4.33. The van der Waals surface area contributed by atoms with Crippen LogP contribution < -0.4 is 14.2 Å². The molecular weight excluding hydrogens is 462 g/mol. The van der Waals surface area contributed by atoms with Crippen molar-refractivity contribution in [2.24, 2.45) is 0 Å². The van der Waals surface area contributed by atoms with E-state index in [1.165, 1.54) is 38.4 Å². The average Bonchev–Trinajstić information content (AvgIpc) is 3.10. The van der Waals surface area contributed by atoms with E-state index in [1.54, 1.807) is 30.3 Å². The van der Waals surface area contributed by atoms with Gasteiger partial charge in [0.05, 0.1) is 43.0 Å². The van der Waals surface area contributed by atoms with E-state index >= 15 is 0 Å². The number of rotatable bonds is 10. The molecule has 1 unspecified atom stereocenters. The molecule has 34 heavy (non-hydrogen) atoms. The quantitative estimate of drug-likeness (QED) is 0.234. The van der Waals surface area contributed by atoms with Gasteiger partial charge in [-0.15, -0.1) is 0 Å². The second-order valence-corrected chi connectivity index (χ2v) is 7.75. The SMILES string of the molecule is C=CCOc1cccc(C2/C(=C(\O)c3cc(OC)c(Cl)cc3OC)C(=O)C(=O)N2CCOC)c1. The Bertz CT molecular complexity index is 1130. The van der Waals surface area contributed by atoms with E-state index in [2.05, 4.69) is 6.58 Å². The summed E-state index contributed by atoms with van der Waals surface area (Å²) in [5.74, 6) is -0.969. The van der Waals surface area contributed by atoms with Gasteiger partial charge in [-0.3, -0.25) is 9.59 Å². The van der Waals surface area contributed by atoms with Crippen molar-refractivity contribution >= 4 is 29.1 Å². The lowest BCUT2D eigenvalue weighted by atomic mass is 9.94. The summed E-state index contributed by atoms with van der Waals surface area (Å²) in [4.78, 5) is 27.5. The zero-order chi connectivity index (χ0) is 24.8. The Hall–Kier alpha value is -3.49. The van der Waals surface area contributed by atoms with Gasteiger partial charge in [0.15, 0.2) is 0 Å². The van der Waals surface area contributed by atoms with Crippen LogP contribution in [0, 0.1) is 0 Å². The molecule has 2 aromatic rings. The summed E-state index contributed by atoms with van der Waals surface area (Å²) in [6, 6.07) is 9.01. The maximum atomic E-state index is 13.2. The van der Waals surface area contributed by atoms with Crippen LogP contribution in [0.4, 0.5) is 0 Å². The van der Waals surface area contributed by atoms with Crippen molar-refractivity contribution in [2.75, 3.05) is 41.1 Å². The summed E-state index contributed by atoms with van der Waals surface area (Å²) in [5, 5.41) is 11.6. The van der Waals surface area contributed by atoms with Gasteiger partial charge in [-0.25, -0.2) is 0 Å². The molecule has 0 saturated carbocycles. The van der Waals surface area contributed by atoms with Crippen LogP contribution in [0.2, 0.25) is 5.02 Å². The number of hydrogen-bond acceptors (Lipinski definition) is 7. The van der Waals surface area contributed by atoms with Gasteiger partial charge in [0.1, 0.15) is 29.6 Å². The van der Waals surface area contributed by atoms with Crippen LogP contribution >= 0.6 is 11.6 Å². The van der Waals surface area contributed by atoms with Gasteiger partial charge in [-0.2, -0.15) is 0 Å². The molecule has 0 radical (unpaired) electrons. The van der Waals surface area contributed by atoms with Crippen LogP contribution in [-0.4, -0.2) is 62.8 Å². The van der Waals surface area contributed by atoms with Gasteiger partial charge in [-0.05, 0) is 23.8 Å². The molecule has 0 aromatic heterocycles. The summed E-state index contributed by atoms with van der Waals surface area (Å²) in [6.07, 6.45) is 1.61. The van der Waals surface area contributed by atoms with Gasteiger partial charge in [0.25, 0.3) is 11.7 Å². The molecule has 8 nitrogen and oxygen atoms in total. The van der Waals surface area contributed by atoms with Crippen LogP contribution in [0.15, 0.2) is 54.6 Å². The molecule has 1 atom stereocenters. The van der Waals surface area contributed by atoms with E-state index < -0.39 is 23.5 Å². The number of aliphatic hydroxyl groups excluding tert-OH is 1. The first kappa shape index (κ1) is 25.1. The number of methoxy groups -OCH3 is 3. The molecule has 1 aliphatic rings. The fourth-order valence-electron chi connectivity index (χ4n) is 3.77. The Kier molecular flexibility index (Phi) is 8.20. The van der Waals surface area contributed by atoms with E-state index in [-0.39, 0.29) is 47.4 Å². The smallest absolute Gasteiger partial charge is 0.295 e. The summed E-state index contributed by atoms with van der Waals surface area (Å²) >= 11 is 6.19. The predicted molar refractivity (Wildman–Crippen MR) is 128 cm³/mol. The highest BCUT2D eigenvalue weighted by Gasteiger charge is 2.46. The predicted octanol–water partition coefficient (Wildman–Crippen LogP) is 3.99. The van der Waals surface area contributed by atoms with E-state index in [1.807, 2.05) is 0 Å². The fraction of sp³-hybridized carbons (Fsp3) is 0.280. The largest absolute Gasteiger partial charge is 0.507 e. The number of ether oxygens (including phenoxy) is 4. The van der Waals surface area contributed by atoms with E-state index in [9.17, 15) is 14.7 Å². The summed E-state index contributed by atoms with van der Waals surface area (Å²) < 4.78 is 21.4. The molecule has 0 spiro atoms. The standard InChI is InChI=1S/C25H26ClNO7/c1-5-10-34-16-8-6-7-15(12-16)22-21(24(29)25(30)27(22)9-11-31-2)23(28)17-13-20(33-4)18(26)14-19(17)32-3/h5-8,12-14,22,28H,1,9-11H2,2-4H3/b23-21+. The number of ketones is 1. The number of nitrogens with zero attached hydrogens (tertiary/aromatic N) is 1. The van der Waals surface area contributed by atoms with Crippen molar-refractivity contribution in [3.05, 3.63) is 70.8 Å². The normalized spacial score (nSPS) is 17.1. The number of halogens is 1. The number of hydrogen-bond donors (Lipinski definition) is 1.